The van der Waals surface area contributed by atoms with Gasteiger partial charge in [0.2, 0.25) is 13.4 Å². The van der Waals surface area contributed by atoms with Crippen LogP contribution in [-0.4, -0.2) is 13.4 Å². The maximum Gasteiger partial charge on any atom is 0.249 e. The van der Waals surface area contributed by atoms with Crippen molar-refractivity contribution < 1.29 is 0 Å². The van der Waals surface area contributed by atoms with Crippen LogP contribution in [0.3, 0.4) is 0 Å². The first kappa shape index (κ1) is 46.7. The Morgan fingerprint density at radius 2 is 0.700 bits per heavy atom. The molecule has 0 radical (unpaired) electrons. The highest BCUT2D eigenvalue weighted by Crippen LogP contribution is 2.51. The van der Waals surface area contributed by atoms with Gasteiger partial charge in [0, 0.05) is 87.7 Å². The Labute approximate surface area is 476 Å². The zero-order valence-corrected chi connectivity index (χ0v) is 45.1. The van der Waals surface area contributed by atoms with Crippen LogP contribution in [0.15, 0.2) is 311 Å². The lowest BCUT2D eigenvalue weighted by Crippen LogP contribution is -2.64. The molecule has 12 aromatic carbocycles. The third-order valence-electron chi connectivity index (χ3n) is 16.3. The van der Waals surface area contributed by atoms with Gasteiger partial charge in [-0.25, -0.2) is 0 Å². The number of fused-ring (bicyclic) bond motifs is 8. The van der Waals surface area contributed by atoms with Crippen LogP contribution in [0, 0.1) is 0 Å². The molecule has 0 spiro atoms. The van der Waals surface area contributed by atoms with Gasteiger partial charge in [-0.15, -0.1) is 0 Å². The van der Waals surface area contributed by atoms with Crippen molar-refractivity contribution in [3.05, 3.63) is 291 Å². The first-order valence-corrected chi connectivity index (χ1v) is 29.0. The second-order valence-electron chi connectivity index (χ2n) is 20.8. The van der Waals surface area contributed by atoms with Crippen LogP contribution in [0.5, 0.6) is 0 Å². The summed E-state index contributed by atoms with van der Waals surface area (Å²) in [4.78, 5) is 15.0. The maximum atomic E-state index is 2.63. The van der Waals surface area contributed by atoms with E-state index in [1.54, 1.807) is 0 Å². The predicted octanol–water partition coefficient (Wildman–Crippen LogP) is 15.8. The summed E-state index contributed by atoms with van der Waals surface area (Å²) in [6, 6.07) is 108. The second-order valence-corrected chi connectivity index (χ2v) is 22.9. The molecular formula is C72H48B2N4S2. The zero-order chi connectivity index (χ0) is 52.7. The van der Waals surface area contributed by atoms with Crippen molar-refractivity contribution >= 4 is 138 Å². The van der Waals surface area contributed by atoms with Crippen molar-refractivity contribution in [2.24, 2.45) is 0 Å². The molecule has 12 aromatic rings. The van der Waals surface area contributed by atoms with Gasteiger partial charge in [0.1, 0.15) is 0 Å². The number of hydrogen-bond donors (Lipinski definition) is 0. The van der Waals surface area contributed by atoms with Gasteiger partial charge in [0.05, 0.1) is 5.69 Å². The number of anilines is 12. The molecule has 0 saturated heterocycles. The van der Waals surface area contributed by atoms with Crippen molar-refractivity contribution in [2.75, 3.05) is 19.6 Å². The fourth-order valence-electron chi connectivity index (χ4n) is 13.0. The molecule has 0 atom stereocenters. The van der Waals surface area contributed by atoms with Crippen LogP contribution in [0.4, 0.5) is 68.2 Å². The van der Waals surface area contributed by atoms with Crippen LogP contribution in [0.2, 0.25) is 0 Å². The molecule has 0 fully saturated rings. The first-order valence-electron chi connectivity index (χ1n) is 27.4. The summed E-state index contributed by atoms with van der Waals surface area (Å²) < 4.78 is 0. The largest absolute Gasteiger partial charge is 0.311 e. The Kier molecular flexibility index (Phi) is 11.2. The summed E-state index contributed by atoms with van der Waals surface area (Å²) in [6.07, 6.45) is 0. The van der Waals surface area contributed by atoms with E-state index in [1.807, 2.05) is 23.5 Å². The minimum absolute atomic E-state index is 0.0352. The highest BCUT2D eigenvalue weighted by Gasteiger charge is 2.46. The van der Waals surface area contributed by atoms with Crippen molar-refractivity contribution in [1.82, 2.24) is 0 Å². The Balaban J connectivity index is 0.984. The van der Waals surface area contributed by atoms with Crippen LogP contribution in [0.25, 0.3) is 11.1 Å². The minimum Gasteiger partial charge on any atom is -0.311 e. The number of benzene rings is 12. The quantitative estimate of drug-likeness (QED) is 0.133. The summed E-state index contributed by atoms with van der Waals surface area (Å²) >= 11 is 3.82. The Hall–Kier alpha value is -9.33. The Morgan fingerprint density at radius 3 is 1.27 bits per heavy atom. The molecule has 0 unspecified atom stereocenters. The topological polar surface area (TPSA) is 13.0 Å². The summed E-state index contributed by atoms with van der Waals surface area (Å²) in [5, 5.41) is 0. The SMILES string of the molecule is c1ccc(-c2ccccc2N2c3cc4c(cc3B3c5ccccc5Sc5cc(N(c6ccccc6)c6ccccc6)cc2c53)B2c3ccccc3N(c3ccccc3)c3cc(N(c5ccccc5)c5ccccc5)cc(c32)S4)cc1. The van der Waals surface area contributed by atoms with Gasteiger partial charge in [0.15, 0.2) is 0 Å². The highest BCUT2D eigenvalue weighted by atomic mass is 32.2. The molecule has 4 nitrogen and oxygen atoms in total. The van der Waals surface area contributed by atoms with Crippen LogP contribution < -0.4 is 52.4 Å². The lowest BCUT2D eigenvalue weighted by molar-refractivity contribution is 1.22. The molecule has 0 aliphatic carbocycles. The molecule has 4 aliphatic rings. The van der Waals surface area contributed by atoms with Gasteiger partial charge < -0.3 is 19.6 Å². The van der Waals surface area contributed by atoms with E-state index in [0.29, 0.717) is 0 Å². The standard InChI is InChI=1S/C72H48B2N4S2/c1-7-25-49(26-8-1)57-37-19-22-40-62(57)78-64-48-68-61(47-60(64)74-59-39-21-24-42-67(59)79-69-45-56(44-66(78)72(69)74)76(52-31-13-4-14-32-52)53-33-15-5-16-34-53)73-58-38-20-23-41-63(58)77(54-35-17-6-18-36-54)65-43-55(46-70(80-68)71(65)73)75(50-27-9-2-10-28-50)51-29-11-3-12-30-51/h1-48H. The van der Waals surface area contributed by atoms with E-state index in [-0.39, 0.29) is 13.4 Å². The minimum atomic E-state index is -0.0412. The lowest BCUT2D eigenvalue weighted by Gasteiger charge is -2.44. The van der Waals surface area contributed by atoms with Gasteiger partial charge in [-0.1, -0.05) is 216 Å². The normalized spacial score (nSPS) is 13.1. The molecule has 80 heavy (non-hydrogen) atoms. The summed E-state index contributed by atoms with van der Waals surface area (Å²) in [5.41, 5.74) is 24.0. The smallest absolute Gasteiger partial charge is 0.249 e. The van der Waals surface area contributed by atoms with Gasteiger partial charge in [-0.05, 0) is 137 Å². The van der Waals surface area contributed by atoms with E-state index in [2.05, 4.69) is 311 Å². The number of para-hydroxylation sites is 7. The fraction of sp³-hybridized carbons (Fsp3) is 0. The highest BCUT2D eigenvalue weighted by molar-refractivity contribution is 8.00. The van der Waals surface area contributed by atoms with Crippen LogP contribution in [-0.2, 0) is 0 Å². The van der Waals surface area contributed by atoms with Gasteiger partial charge in [-0.3, -0.25) is 0 Å². The van der Waals surface area contributed by atoms with Gasteiger partial charge in [0.25, 0.3) is 0 Å². The molecule has 0 amide bonds. The summed E-state index contributed by atoms with van der Waals surface area (Å²) in [6.45, 7) is -0.0764. The molecule has 0 aromatic heterocycles. The van der Waals surface area contributed by atoms with E-state index in [9.17, 15) is 0 Å². The summed E-state index contributed by atoms with van der Waals surface area (Å²) in [7, 11) is 0. The first-order chi connectivity index (χ1) is 39.7. The van der Waals surface area contributed by atoms with E-state index in [1.165, 1.54) is 86.2 Å². The summed E-state index contributed by atoms with van der Waals surface area (Å²) in [5.74, 6) is 0. The lowest BCUT2D eigenvalue weighted by atomic mass is 9.31. The average molecular weight is 1050 g/mol. The maximum absolute atomic E-state index is 2.63. The van der Waals surface area contributed by atoms with E-state index >= 15 is 0 Å². The Bertz CT molecular complexity index is 4260. The average Bonchev–Trinajstić information content (AvgIpc) is 3.62. The van der Waals surface area contributed by atoms with E-state index in [4.69, 9.17) is 0 Å². The van der Waals surface area contributed by atoms with Crippen molar-refractivity contribution in [3.8, 4) is 11.1 Å². The van der Waals surface area contributed by atoms with Crippen molar-refractivity contribution in [1.29, 1.82) is 0 Å². The number of nitrogens with zero attached hydrogens (tertiary/aromatic N) is 4. The second kappa shape index (κ2) is 19.2. The van der Waals surface area contributed by atoms with E-state index < -0.39 is 0 Å². The van der Waals surface area contributed by atoms with Crippen molar-refractivity contribution in [3.63, 3.8) is 0 Å². The molecule has 4 aliphatic heterocycles. The Morgan fingerprint density at radius 1 is 0.263 bits per heavy atom. The molecule has 0 bridgehead atoms. The molecule has 16 rings (SSSR count). The molecule has 0 N–H and O–H groups in total. The molecule has 374 valence electrons. The van der Waals surface area contributed by atoms with Crippen LogP contribution >= 0.6 is 23.5 Å². The third-order valence-corrected chi connectivity index (χ3v) is 18.5. The number of rotatable bonds is 9. The molecular weight excluding hydrogens is 1010 g/mol. The van der Waals surface area contributed by atoms with Gasteiger partial charge >= 0.3 is 0 Å². The predicted molar refractivity (Wildman–Crippen MR) is 341 cm³/mol. The fourth-order valence-corrected chi connectivity index (χ4v) is 15.4. The van der Waals surface area contributed by atoms with Crippen LogP contribution in [0.1, 0.15) is 0 Å². The monoisotopic (exact) mass is 1050 g/mol. The zero-order valence-electron chi connectivity index (χ0n) is 43.5. The third kappa shape index (κ3) is 7.58. The molecule has 0 saturated carbocycles. The van der Waals surface area contributed by atoms with Crippen molar-refractivity contribution in [2.45, 2.75) is 19.6 Å². The molecule has 8 heteroatoms. The van der Waals surface area contributed by atoms with E-state index in [0.717, 1.165) is 45.5 Å². The number of hydrogen-bond acceptors (Lipinski definition) is 6. The van der Waals surface area contributed by atoms with Gasteiger partial charge in [-0.2, -0.15) is 0 Å². The molecule has 4 heterocycles.